The Hall–Kier alpha value is -0.480. The molecule has 13 heavy (non-hydrogen) atoms. The highest BCUT2D eigenvalue weighted by Gasteiger charge is 2.35. The van der Waals surface area contributed by atoms with Crippen molar-refractivity contribution in [2.45, 2.75) is 12.1 Å². The first kappa shape index (κ1) is 10.6. The summed E-state index contributed by atoms with van der Waals surface area (Å²) >= 11 is 10.7. The fourth-order valence-corrected chi connectivity index (χ4v) is 1.20. The van der Waals surface area contributed by atoms with Crippen molar-refractivity contribution in [2.24, 2.45) is 0 Å². The van der Waals surface area contributed by atoms with Crippen LogP contribution in [-0.4, -0.2) is 4.98 Å². The summed E-state index contributed by atoms with van der Waals surface area (Å²) in [6, 6.07) is 1.16. The topological polar surface area (TPSA) is 12.9 Å². The highest BCUT2D eigenvalue weighted by Crippen LogP contribution is 2.33. The molecule has 0 atom stereocenters. The molecule has 1 aromatic rings. The third-order valence-corrected chi connectivity index (χ3v) is 1.92. The molecule has 0 unspecified atom stereocenters. The van der Waals surface area contributed by atoms with Crippen molar-refractivity contribution in [3.63, 3.8) is 0 Å². The van der Waals surface area contributed by atoms with E-state index < -0.39 is 16.9 Å². The second-order valence-electron chi connectivity index (χ2n) is 2.31. The molecule has 0 amide bonds. The molecule has 0 aliphatic rings. The van der Waals surface area contributed by atoms with Gasteiger partial charge in [0.15, 0.2) is 5.69 Å². The van der Waals surface area contributed by atoms with Gasteiger partial charge < -0.3 is 0 Å². The van der Waals surface area contributed by atoms with Gasteiger partial charge in [0.05, 0.1) is 5.02 Å². The molecule has 0 radical (unpaired) electrons. The zero-order valence-corrected chi connectivity index (χ0v) is 7.71. The molecule has 0 aliphatic heterocycles. The van der Waals surface area contributed by atoms with Gasteiger partial charge >= 0.3 is 6.18 Å². The van der Waals surface area contributed by atoms with Crippen LogP contribution in [-0.2, 0) is 12.1 Å². The average molecular weight is 230 g/mol. The Morgan fingerprint density at radius 1 is 1.38 bits per heavy atom. The molecular weight excluding hydrogens is 226 g/mol. The van der Waals surface area contributed by atoms with Crippen LogP contribution >= 0.6 is 23.2 Å². The second-order valence-corrected chi connectivity index (χ2v) is 2.98. The van der Waals surface area contributed by atoms with Crippen molar-refractivity contribution in [2.75, 3.05) is 0 Å². The molecular formula is C7H4Cl2F3N. The van der Waals surface area contributed by atoms with Crippen molar-refractivity contribution in [1.29, 1.82) is 0 Å². The van der Waals surface area contributed by atoms with Crippen LogP contribution < -0.4 is 0 Å². The number of pyridine rings is 1. The lowest BCUT2D eigenvalue weighted by Crippen LogP contribution is -2.08. The van der Waals surface area contributed by atoms with Gasteiger partial charge in [-0.1, -0.05) is 11.6 Å². The summed E-state index contributed by atoms with van der Waals surface area (Å²) in [7, 11) is 0. The Morgan fingerprint density at radius 2 is 2.00 bits per heavy atom. The molecule has 0 saturated heterocycles. The van der Waals surface area contributed by atoms with Crippen LogP contribution in [0, 0.1) is 0 Å². The van der Waals surface area contributed by atoms with Crippen molar-refractivity contribution in [3.8, 4) is 0 Å². The lowest BCUT2D eigenvalue weighted by molar-refractivity contribution is -0.141. The van der Waals surface area contributed by atoms with Crippen LogP contribution in [0.2, 0.25) is 5.02 Å². The highest BCUT2D eigenvalue weighted by atomic mass is 35.5. The van der Waals surface area contributed by atoms with E-state index in [4.69, 9.17) is 23.2 Å². The first-order valence-electron chi connectivity index (χ1n) is 3.22. The van der Waals surface area contributed by atoms with Gasteiger partial charge in [0.25, 0.3) is 0 Å². The monoisotopic (exact) mass is 229 g/mol. The number of halogens is 5. The van der Waals surface area contributed by atoms with E-state index in [0.29, 0.717) is 5.56 Å². The molecule has 0 N–H and O–H groups in total. The number of hydrogen-bond acceptors (Lipinski definition) is 1. The van der Waals surface area contributed by atoms with Gasteiger partial charge in [-0.25, -0.2) is 4.98 Å². The van der Waals surface area contributed by atoms with E-state index in [1.165, 1.54) is 0 Å². The molecule has 0 saturated carbocycles. The minimum Gasteiger partial charge on any atom is -0.250 e. The first-order chi connectivity index (χ1) is 5.95. The van der Waals surface area contributed by atoms with Gasteiger partial charge in [0.2, 0.25) is 0 Å². The van der Waals surface area contributed by atoms with E-state index in [0.717, 1.165) is 12.3 Å². The normalized spacial score (nSPS) is 11.8. The number of alkyl halides is 4. The van der Waals surface area contributed by atoms with Crippen LogP contribution in [0.4, 0.5) is 13.2 Å². The summed E-state index contributed by atoms with van der Waals surface area (Å²) in [6.45, 7) is 0. The van der Waals surface area contributed by atoms with Gasteiger partial charge in [-0.2, -0.15) is 13.2 Å². The molecule has 0 aromatic carbocycles. The van der Waals surface area contributed by atoms with Crippen LogP contribution in [0.5, 0.6) is 0 Å². The van der Waals surface area contributed by atoms with Crippen molar-refractivity contribution in [3.05, 3.63) is 28.5 Å². The average Bonchev–Trinajstić information content (AvgIpc) is 2.01. The Bertz CT molecular complexity index is 311. The molecule has 0 bridgehead atoms. The third-order valence-electron chi connectivity index (χ3n) is 1.32. The van der Waals surface area contributed by atoms with Crippen molar-refractivity contribution >= 4 is 23.2 Å². The molecule has 72 valence electrons. The Balaban J connectivity index is 3.13. The van der Waals surface area contributed by atoms with Crippen LogP contribution in [0.25, 0.3) is 0 Å². The summed E-state index contributed by atoms with van der Waals surface area (Å²) in [5, 5.41) is -0.425. The molecule has 0 spiro atoms. The smallest absolute Gasteiger partial charge is 0.250 e. The molecule has 1 aromatic heterocycles. The number of aromatic nitrogens is 1. The third kappa shape index (κ3) is 2.48. The van der Waals surface area contributed by atoms with E-state index in [2.05, 4.69) is 4.98 Å². The largest absolute Gasteiger partial charge is 0.434 e. The zero-order valence-electron chi connectivity index (χ0n) is 6.20. The number of nitrogens with zero attached hydrogens (tertiary/aromatic N) is 1. The SMILES string of the molecule is FC(F)(F)c1ncc(CCl)cc1Cl. The quantitative estimate of drug-likeness (QED) is 0.673. The second kappa shape index (κ2) is 3.72. The Labute approximate surface area is 82.5 Å². The fraction of sp³-hybridized carbons (Fsp3) is 0.286. The maximum Gasteiger partial charge on any atom is 0.434 e. The summed E-state index contributed by atoms with van der Waals surface area (Å²) in [6.07, 6.45) is -3.45. The maximum atomic E-state index is 12.1. The minimum absolute atomic E-state index is 0.0882. The standard InChI is InChI=1S/C7H4Cl2F3N/c8-2-4-1-5(9)6(13-3-4)7(10,11)12/h1,3H,2H2. The van der Waals surface area contributed by atoms with Gasteiger partial charge in [-0.05, 0) is 11.6 Å². The first-order valence-corrected chi connectivity index (χ1v) is 4.14. The lowest BCUT2D eigenvalue weighted by atomic mass is 10.2. The van der Waals surface area contributed by atoms with Gasteiger partial charge in [0, 0.05) is 12.1 Å². The lowest BCUT2D eigenvalue weighted by Gasteiger charge is -2.07. The van der Waals surface area contributed by atoms with Gasteiger partial charge in [-0.15, -0.1) is 11.6 Å². The predicted molar refractivity (Wildman–Crippen MR) is 43.8 cm³/mol. The molecule has 0 fully saturated rings. The summed E-state index contributed by atoms with van der Waals surface area (Å²) in [4.78, 5) is 3.18. The highest BCUT2D eigenvalue weighted by molar-refractivity contribution is 6.31. The van der Waals surface area contributed by atoms with Gasteiger partial charge in [0.1, 0.15) is 0 Å². The fourth-order valence-electron chi connectivity index (χ4n) is 0.759. The molecule has 6 heteroatoms. The Morgan fingerprint density at radius 3 is 2.38 bits per heavy atom. The van der Waals surface area contributed by atoms with Crippen LogP contribution in [0.1, 0.15) is 11.3 Å². The molecule has 1 rings (SSSR count). The summed E-state index contributed by atoms with van der Waals surface area (Å²) < 4.78 is 36.3. The number of hydrogen-bond donors (Lipinski definition) is 0. The minimum atomic E-state index is -4.51. The summed E-state index contributed by atoms with van der Waals surface area (Å²) in [5.74, 6) is 0.0882. The molecule has 0 aliphatic carbocycles. The van der Waals surface area contributed by atoms with Crippen LogP contribution in [0.15, 0.2) is 12.3 Å². The van der Waals surface area contributed by atoms with E-state index in [-0.39, 0.29) is 5.88 Å². The number of rotatable bonds is 1. The van der Waals surface area contributed by atoms with Crippen LogP contribution in [0.3, 0.4) is 0 Å². The Kier molecular flexibility index (Phi) is 3.03. The van der Waals surface area contributed by atoms with E-state index in [1.807, 2.05) is 0 Å². The van der Waals surface area contributed by atoms with Crippen molar-refractivity contribution < 1.29 is 13.2 Å². The maximum absolute atomic E-state index is 12.1. The zero-order chi connectivity index (χ0) is 10.1. The van der Waals surface area contributed by atoms with Gasteiger partial charge in [-0.3, -0.25) is 0 Å². The summed E-state index contributed by atoms with van der Waals surface area (Å²) in [5.41, 5.74) is -0.622. The van der Waals surface area contributed by atoms with E-state index in [9.17, 15) is 13.2 Å². The molecule has 1 nitrogen and oxygen atoms in total. The van der Waals surface area contributed by atoms with E-state index >= 15 is 0 Å². The van der Waals surface area contributed by atoms with Crippen molar-refractivity contribution in [1.82, 2.24) is 4.98 Å². The molecule has 1 heterocycles. The van der Waals surface area contributed by atoms with E-state index in [1.54, 1.807) is 0 Å². The predicted octanol–water partition coefficient (Wildman–Crippen LogP) is 3.49.